The molecule has 3 heteroatoms. The van der Waals surface area contributed by atoms with E-state index in [1.807, 2.05) is 18.2 Å². The van der Waals surface area contributed by atoms with Crippen molar-refractivity contribution in [2.75, 3.05) is 0 Å². The fraction of sp³-hybridized carbons (Fsp3) is 0.333. The van der Waals surface area contributed by atoms with Crippen LogP contribution in [0.15, 0.2) is 51.6 Å². The summed E-state index contributed by atoms with van der Waals surface area (Å²) in [6.45, 7) is 4.36. The Morgan fingerprint density at radius 3 is 2.72 bits per heavy atom. The molecular weight excluding hydrogens is 290 g/mol. The van der Waals surface area contributed by atoms with Gasteiger partial charge in [-0.2, -0.15) is 0 Å². The van der Waals surface area contributed by atoms with E-state index in [2.05, 4.69) is 53.3 Å². The molecule has 0 aliphatic carbocycles. The quantitative estimate of drug-likeness (QED) is 0.889. The summed E-state index contributed by atoms with van der Waals surface area (Å²) >= 11 is 3.50. The van der Waals surface area contributed by atoms with E-state index in [9.17, 15) is 0 Å². The van der Waals surface area contributed by atoms with Crippen molar-refractivity contribution in [1.29, 1.82) is 0 Å². The summed E-state index contributed by atoms with van der Waals surface area (Å²) in [6.07, 6.45) is 2.63. The summed E-state index contributed by atoms with van der Waals surface area (Å²) in [7, 11) is 0. The lowest BCUT2D eigenvalue weighted by molar-refractivity contribution is 0.429. The molecule has 2 aromatic rings. The second-order valence-electron chi connectivity index (χ2n) is 4.63. The first-order valence-electron chi connectivity index (χ1n) is 6.19. The Bertz CT molecular complexity index is 481. The molecule has 0 saturated heterocycles. The third-order valence-corrected chi connectivity index (χ3v) is 3.46. The fourth-order valence-electron chi connectivity index (χ4n) is 2.09. The first-order valence-corrected chi connectivity index (χ1v) is 6.98. The maximum absolute atomic E-state index is 5.36. The van der Waals surface area contributed by atoms with Gasteiger partial charge in [0.15, 0.2) is 0 Å². The molecule has 0 fully saturated rings. The van der Waals surface area contributed by atoms with Crippen molar-refractivity contribution in [1.82, 2.24) is 5.32 Å². The van der Waals surface area contributed by atoms with E-state index in [4.69, 9.17) is 4.42 Å². The molecule has 1 heterocycles. The molecule has 96 valence electrons. The minimum atomic E-state index is 0.326. The number of hydrogen-bond donors (Lipinski definition) is 1. The molecule has 1 aromatic heterocycles. The molecule has 0 radical (unpaired) electrons. The zero-order chi connectivity index (χ0) is 13.0. The normalized spacial score (nSPS) is 14.4. The van der Waals surface area contributed by atoms with E-state index in [1.54, 1.807) is 6.26 Å². The molecule has 0 spiro atoms. The first kappa shape index (κ1) is 13.4. The van der Waals surface area contributed by atoms with E-state index in [-0.39, 0.29) is 0 Å². The molecular formula is C15H18BrNO. The molecule has 2 rings (SSSR count). The van der Waals surface area contributed by atoms with E-state index in [0.29, 0.717) is 12.1 Å². The lowest BCUT2D eigenvalue weighted by Gasteiger charge is -2.20. The summed E-state index contributed by atoms with van der Waals surface area (Å²) < 4.78 is 6.48. The number of rotatable bonds is 5. The van der Waals surface area contributed by atoms with Gasteiger partial charge in [-0.1, -0.05) is 28.1 Å². The van der Waals surface area contributed by atoms with Gasteiger partial charge in [-0.25, -0.2) is 0 Å². The molecule has 1 aromatic carbocycles. The Labute approximate surface area is 117 Å². The van der Waals surface area contributed by atoms with E-state index in [0.717, 1.165) is 16.7 Å². The average Bonchev–Trinajstić information content (AvgIpc) is 2.81. The predicted molar refractivity (Wildman–Crippen MR) is 77.6 cm³/mol. The molecule has 0 aliphatic rings. The second kappa shape index (κ2) is 6.21. The number of hydrogen-bond acceptors (Lipinski definition) is 2. The van der Waals surface area contributed by atoms with Crippen molar-refractivity contribution >= 4 is 15.9 Å². The molecule has 0 aliphatic heterocycles. The summed E-state index contributed by atoms with van der Waals surface area (Å²) in [4.78, 5) is 0. The number of benzene rings is 1. The van der Waals surface area contributed by atoms with Gasteiger partial charge in [0.25, 0.3) is 0 Å². The highest BCUT2D eigenvalue weighted by Gasteiger charge is 2.11. The van der Waals surface area contributed by atoms with E-state index >= 15 is 0 Å². The van der Waals surface area contributed by atoms with Crippen molar-refractivity contribution in [2.24, 2.45) is 0 Å². The van der Waals surface area contributed by atoms with Gasteiger partial charge in [0, 0.05) is 23.0 Å². The number of halogens is 1. The number of nitrogens with one attached hydrogen (secondary N) is 1. The molecule has 18 heavy (non-hydrogen) atoms. The van der Waals surface area contributed by atoms with Gasteiger partial charge in [-0.15, -0.1) is 0 Å². The van der Waals surface area contributed by atoms with Crippen LogP contribution in [0.2, 0.25) is 0 Å². The Hall–Kier alpha value is -1.06. The molecule has 1 unspecified atom stereocenters. The highest BCUT2D eigenvalue weighted by molar-refractivity contribution is 9.10. The standard InChI is InChI=1S/C15H18BrNO/c1-11(9-15-7-4-8-18-15)17-12(2)13-5-3-6-14(16)10-13/h3-8,10-12,17H,9H2,1-2H3/t11?,12-/m0/s1. The van der Waals surface area contributed by atoms with Crippen LogP contribution >= 0.6 is 15.9 Å². The summed E-state index contributed by atoms with van der Waals surface area (Å²) in [5, 5.41) is 3.58. The van der Waals surface area contributed by atoms with Crippen LogP contribution in [0.1, 0.15) is 31.2 Å². The largest absolute Gasteiger partial charge is 0.469 e. The van der Waals surface area contributed by atoms with Gasteiger partial charge in [0.2, 0.25) is 0 Å². The van der Waals surface area contributed by atoms with Crippen LogP contribution in [0.3, 0.4) is 0 Å². The van der Waals surface area contributed by atoms with Crippen molar-refractivity contribution < 1.29 is 4.42 Å². The molecule has 1 N–H and O–H groups in total. The van der Waals surface area contributed by atoms with Gasteiger partial charge < -0.3 is 9.73 Å². The third-order valence-electron chi connectivity index (χ3n) is 2.97. The summed E-state index contributed by atoms with van der Waals surface area (Å²) in [5.41, 5.74) is 1.29. The summed E-state index contributed by atoms with van der Waals surface area (Å²) in [6, 6.07) is 13.1. The highest BCUT2D eigenvalue weighted by atomic mass is 79.9. The van der Waals surface area contributed by atoms with E-state index < -0.39 is 0 Å². The van der Waals surface area contributed by atoms with Crippen LogP contribution in [0.4, 0.5) is 0 Å². The maximum atomic E-state index is 5.36. The highest BCUT2D eigenvalue weighted by Crippen LogP contribution is 2.18. The molecule has 0 bridgehead atoms. The average molecular weight is 308 g/mol. The lowest BCUT2D eigenvalue weighted by atomic mass is 10.1. The monoisotopic (exact) mass is 307 g/mol. The molecule has 0 amide bonds. The Morgan fingerprint density at radius 2 is 2.06 bits per heavy atom. The van der Waals surface area contributed by atoms with Gasteiger partial charge in [-0.05, 0) is 43.7 Å². The van der Waals surface area contributed by atoms with Crippen LogP contribution in [-0.2, 0) is 6.42 Å². The molecule has 2 nitrogen and oxygen atoms in total. The Kier molecular flexibility index (Phi) is 4.61. The summed E-state index contributed by atoms with van der Waals surface area (Å²) in [5.74, 6) is 1.02. The van der Waals surface area contributed by atoms with Crippen molar-refractivity contribution in [2.45, 2.75) is 32.4 Å². The Morgan fingerprint density at radius 1 is 1.22 bits per heavy atom. The second-order valence-corrected chi connectivity index (χ2v) is 5.54. The van der Waals surface area contributed by atoms with Crippen LogP contribution in [0, 0.1) is 0 Å². The predicted octanol–water partition coefficient (Wildman–Crippen LogP) is 4.32. The Balaban J connectivity index is 1.92. The van der Waals surface area contributed by atoms with Crippen molar-refractivity contribution in [3.05, 3.63) is 58.5 Å². The van der Waals surface area contributed by atoms with Crippen molar-refractivity contribution in [3.8, 4) is 0 Å². The topological polar surface area (TPSA) is 25.2 Å². The van der Waals surface area contributed by atoms with Crippen LogP contribution in [0.25, 0.3) is 0 Å². The smallest absolute Gasteiger partial charge is 0.105 e. The van der Waals surface area contributed by atoms with Crippen LogP contribution in [0.5, 0.6) is 0 Å². The van der Waals surface area contributed by atoms with E-state index in [1.165, 1.54) is 5.56 Å². The minimum absolute atomic E-state index is 0.326. The molecule has 0 saturated carbocycles. The lowest BCUT2D eigenvalue weighted by Crippen LogP contribution is -2.30. The fourth-order valence-corrected chi connectivity index (χ4v) is 2.51. The maximum Gasteiger partial charge on any atom is 0.105 e. The SMILES string of the molecule is CC(Cc1ccco1)N[C@@H](C)c1cccc(Br)c1. The van der Waals surface area contributed by atoms with Crippen molar-refractivity contribution in [3.63, 3.8) is 0 Å². The zero-order valence-corrected chi connectivity index (χ0v) is 12.3. The van der Waals surface area contributed by atoms with Gasteiger partial charge in [0.1, 0.15) is 5.76 Å². The number of furan rings is 1. The van der Waals surface area contributed by atoms with Gasteiger partial charge >= 0.3 is 0 Å². The van der Waals surface area contributed by atoms with Crippen LogP contribution in [-0.4, -0.2) is 6.04 Å². The third kappa shape index (κ3) is 3.72. The van der Waals surface area contributed by atoms with Crippen LogP contribution < -0.4 is 5.32 Å². The first-order chi connectivity index (χ1) is 8.65. The molecule has 2 atom stereocenters. The minimum Gasteiger partial charge on any atom is -0.469 e. The van der Waals surface area contributed by atoms with Gasteiger partial charge in [0.05, 0.1) is 6.26 Å². The van der Waals surface area contributed by atoms with Gasteiger partial charge in [-0.3, -0.25) is 0 Å². The zero-order valence-electron chi connectivity index (χ0n) is 10.7.